The zero-order chi connectivity index (χ0) is 17.0. The summed E-state index contributed by atoms with van der Waals surface area (Å²) in [4.78, 5) is 21.1. The van der Waals surface area contributed by atoms with E-state index in [0.717, 1.165) is 49.7 Å². The minimum absolute atomic E-state index is 0.192. The minimum atomic E-state index is -0.430. The average molecular weight is 340 g/mol. The Morgan fingerprint density at radius 3 is 2.57 bits per heavy atom. The maximum absolute atomic E-state index is 12.2. The van der Waals surface area contributed by atoms with Gasteiger partial charge in [0.05, 0.1) is 5.69 Å². The summed E-state index contributed by atoms with van der Waals surface area (Å²) in [6.07, 6.45) is 2.85. The second-order valence-corrected chi connectivity index (χ2v) is 8.00. The molecule has 2 heterocycles. The van der Waals surface area contributed by atoms with Gasteiger partial charge in [-0.3, -0.25) is 0 Å². The van der Waals surface area contributed by atoms with Gasteiger partial charge in [0, 0.05) is 31.1 Å². The topological polar surface area (TPSA) is 45.7 Å². The molecule has 23 heavy (non-hydrogen) atoms. The number of anilines is 1. The zero-order valence-electron chi connectivity index (χ0n) is 15.0. The van der Waals surface area contributed by atoms with Crippen molar-refractivity contribution < 1.29 is 9.53 Å². The standard InChI is InChI=1S/C17H29N3O2S/c1-6-9-20(15-18-13(2)12-23-15)14-7-10-19(11-8-14)16(21)22-17(3,4)5/h12,14H,6-11H2,1-5H3. The van der Waals surface area contributed by atoms with E-state index >= 15 is 0 Å². The molecule has 130 valence electrons. The first-order valence-corrected chi connectivity index (χ1v) is 9.35. The van der Waals surface area contributed by atoms with Crippen LogP contribution in [0.15, 0.2) is 5.38 Å². The third-order valence-corrected chi connectivity index (χ3v) is 4.87. The van der Waals surface area contributed by atoms with Crippen molar-refractivity contribution in [2.45, 2.75) is 65.5 Å². The Bertz CT molecular complexity index is 516. The fraction of sp³-hybridized carbons (Fsp3) is 0.765. The number of hydrogen-bond donors (Lipinski definition) is 0. The first-order chi connectivity index (χ1) is 10.8. The normalized spacial score (nSPS) is 16.5. The Morgan fingerprint density at radius 1 is 1.43 bits per heavy atom. The van der Waals surface area contributed by atoms with E-state index in [0.29, 0.717) is 6.04 Å². The molecule has 0 spiro atoms. The molecular weight excluding hydrogens is 310 g/mol. The summed E-state index contributed by atoms with van der Waals surface area (Å²) in [6.45, 7) is 12.5. The van der Waals surface area contributed by atoms with Crippen LogP contribution in [0.4, 0.5) is 9.93 Å². The molecule has 1 fully saturated rings. The van der Waals surface area contributed by atoms with Crippen LogP contribution in [-0.4, -0.2) is 47.3 Å². The number of thiazole rings is 1. The second-order valence-electron chi connectivity index (χ2n) is 7.16. The molecule has 1 aliphatic heterocycles. The van der Waals surface area contributed by atoms with Crippen molar-refractivity contribution in [2.24, 2.45) is 0 Å². The molecule has 0 radical (unpaired) electrons. The van der Waals surface area contributed by atoms with Crippen molar-refractivity contribution in [3.05, 3.63) is 11.1 Å². The van der Waals surface area contributed by atoms with Crippen LogP contribution in [0.2, 0.25) is 0 Å². The van der Waals surface area contributed by atoms with Gasteiger partial charge in [0.1, 0.15) is 5.60 Å². The van der Waals surface area contributed by atoms with E-state index in [-0.39, 0.29) is 6.09 Å². The summed E-state index contributed by atoms with van der Waals surface area (Å²) >= 11 is 1.72. The molecule has 1 amide bonds. The van der Waals surface area contributed by atoms with E-state index in [1.165, 1.54) is 0 Å². The largest absolute Gasteiger partial charge is 0.444 e. The Hall–Kier alpha value is -1.30. The number of hydrogen-bond acceptors (Lipinski definition) is 5. The number of aryl methyl sites for hydroxylation is 1. The molecule has 0 saturated carbocycles. The van der Waals surface area contributed by atoms with Gasteiger partial charge in [-0.25, -0.2) is 9.78 Å². The first-order valence-electron chi connectivity index (χ1n) is 8.47. The Morgan fingerprint density at radius 2 is 2.09 bits per heavy atom. The number of piperidine rings is 1. The van der Waals surface area contributed by atoms with Gasteiger partial charge in [0.15, 0.2) is 5.13 Å². The molecule has 1 aromatic heterocycles. The lowest BCUT2D eigenvalue weighted by Gasteiger charge is -2.38. The highest BCUT2D eigenvalue weighted by molar-refractivity contribution is 7.13. The van der Waals surface area contributed by atoms with Gasteiger partial charge < -0.3 is 14.5 Å². The first kappa shape index (κ1) is 18.0. The van der Waals surface area contributed by atoms with Gasteiger partial charge in [-0.1, -0.05) is 6.92 Å². The summed E-state index contributed by atoms with van der Waals surface area (Å²) in [5.74, 6) is 0. The molecule has 6 heteroatoms. The lowest BCUT2D eigenvalue weighted by atomic mass is 10.0. The van der Waals surface area contributed by atoms with Gasteiger partial charge in [0.25, 0.3) is 0 Å². The number of carbonyl (C=O) groups is 1. The van der Waals surface area contributed by atoms with Gasteiger partial charge in [0.2, 0.25) is 0 Å². The van der Waals surface area contributed by atoms with Gasteiger partial charge in [-0.05, 0) is 47.0 Å². The molecule has 0 N–H and O–H groups in total. The fourth-order valence-corrected chi connectivity index (χ4v) is 3.74. The molecule has 1 aromatic rings. The number of carbonyl (C=O) groups excluding carboxylic acids is 1. The van der Waals surface area contributed by atoms with Crippen molar-refractivity contribution in [1.82, 2.24) is 9.88 Å². The summed E-state index contributed by atoms with van der Waals surface area (Å²) in [5.41, 5.74) is 0.651. The maximum atomic E-state index is 12.2. The average Bonchev–Trinajstić information content (AvgIpc) is 2.89. The molecule has 0 bridgehead atoms. The number of ether oxygens (including phenoxy) is 1. The van der Waals surface area contributed by atoms with E-state index < -0.39 is 5.60 Å². The van der Waals surface area contributed by atoms with Crippen LogP contribution in [0.5, 0.6) is 0 Å². The summed E-state index contributed by atoms with van der Waals surface area (Å²) in [5, 5.41) is 3.22. The second kappa shape index (κ2) is 7.51. The van der Waals surface area contributed by atoms with Crippen LogP contribution < -0.4 is 4.90 Å². The highest BCUT2D eigenvalue weighted by atomic mass is 32.1. The maximum Gasteiger partial charge on any atom is 0.410 e. The monoisotopic (exact) mass is 339 g/mol. The van der Waals surface area contributed by atoms with Crippen LogP contribution in [-0.2, 0) is 4.74 Å². The molecule has 5 nitrogen and oxygen atoms in total. The fourth-order valence-electron chi connectivity index (χ4n) is 2.84. The number of rotatable bonds is 4. The van der Waals surface area contributed by atoms with Crippen molar-refractivity contribution >= 4 is 22.6 Å². The molecule has 0 aromatic carbocycles. The van der Waals surface area contributed by atoms with Crippen LogP contribution in [0.3, 0.4) is 0 Å². The number of amides is 1. The van der Waals surface area contributed by atoms with Crippen molar-refractivity contribution in [1.29, 1.82) is 0 Å². The number of likely N-dealkylation sites (tertiary alicyclic amines) is 1. The van der Waals surface area contributed by atoms with Crippen LogP contribution in [0, 0.1) is 6.92 Å². The highest BCUT2D eigenvalue weighted by Crippen LogP contribution is 2.27. The number of nitrogens with zero attached hydrogens (tertiary/aromatic N) is 3. The third kappa shape index (κ3) is 5.09. The molecule has 0 atom stereocenters. The van der Waals surface area contributed by atoms with E-state index in [2.05, 4.69) is 22.2 Å². The summed E-state index contributed by atoms with van der Waals surface area (Å²) in [7, 11) is 0. The lowest BCUT2D eigenvalue weighted by molar-refractivity contribution is 0.0204. The van der Waals surface area contributed by atoms with E-state index in [4.69, 9.17) is 4.74 Å². The minimum Gasteiger partial charge on any atom is -0.444 e. The predicted octanol–water partition coefficient (Wildman–Crippen LogP) is 4.07. The Balaban J connectivity index is 1.95. The molecular formula is C17H29N3O2S. The molecule has 0 unspecified atom stereocenters. The molecule has 2 rings (SSSR count). The van der Waals surface area contributed by atoms with E-state index in [9.17, 15) is 4.79 Å². The lowest BCUT2D eigenvalue weighted by Crippen LogP contribution is -2.48. The van der Waals surface area contributed by atoms with Crippen LogP contribution in [0.1, 0.15) is 52.7 Å². The van der Waals surface area contributed by atoms with Crippen molar-refractivity contribution in [3.8, 4) is 0 Å². The van der Waals surface area contributed by atoms with Crippen LogP contribution in [0.25, 0.3) is 0 Å². The molecule has 1 saturated heterocycles. The molecule has 1 aliphatic rings. The third-order valence-electron chi connectivity index (χ3n) is 3.87. The van der Waals surface area contributed by atoms with Crippen LogP contribution >= 0.6 is 11.3 Å². The number of aromatic nitrogens is 1. The van der Waals surface area contributed by atoms with Crippen molar-refractivity contribution in [2.75, 3.05) is 24.5 Å². The Labute approximate surface area is 143 Å². The van der Waals surface area contributed by atoms with Crippen molar-refractivity contribution in [3.63, 3.8) is 0 Å². The summed E-state index contributed by atoms with van der Waals surface area (Å²) < 4.78 is 5.47. The van der Waals surface area contributed by atoms with E-state index in [1.54, 1.807) is 11.3 Å². The smallest absolute Gasteiger partial charge is 0.410 e. The van der Waals surface area contributed by atoms with Gasteiger partial charge >= 0.3 is 6.09 Å². The zero-order valence-corrected chi connectivity index (χ0v) is 15.8. The predicted molar refractivity (Wildman–Crippen MR) is 95.3 cm³/mol. The van der Waals surface area contributed by atoms with E-state index in [1.807, 2.05) is 32.6 Å². The molecule has 0 aliphatic carbocycles. The SMILES string of the molecule is CCCN(c1nc(C)cs1)C1CCN(C(=O)OC(C)(C)C)CC1. The Kier molecular flexibility index (Phi) is 5.89. The summed E-state index contributed by atoms with van der Waals surface area (Å²) in [6, 6.07) is 0.458. The van der Waals surface area contributed by atoms with Gasteiger partial charge in [-0.2, -0.15) is 0 Å². The van der Waals surface area contributed by atoms with Gasteiger partial charge in [-0.15, -0.1) is 11.3 Å². The quantitative estimate of drug-likeness (QED) is 0.829. The highest BCUT2D eigenvalue weighted by Gasteiger charge is 2.30.